The van der Waals surface area contributed by atoms with Gasteiger partial charge in [-0.05, 0) is 24.3 Å². The van der Waals surface area contributed by atoms with Crippen molar-refractivity contribution in [3.05, 3.63) is 35.7 Å². The quantitative estimate of drug-likeness (QED) is 0.726. The molecule has 0 aromatic rings. The molecule has 0 saturated heterocycles. The number of allylic oxidation sites excluding steroid dienone is 2. The molecule has 4 nitrogen and oxygen atoms in total. The zero-order valence-corrected chi connectivity index (χ0v) is 10.9. The van der Waals surface area contributed by atoms with Crippen molar-refractivity contribution >= 4 is 5.91 Å². The maximum absolute atomic E-state index is 11.4. The molecule has 3 N–H and O–H groups in total. The number of carbonyl (C=O) groups is 1. The molecule has 0 saturated carbocycles. The number of dihydropyridines is 1. The highest BCUT2D eigenvalue weighted by molar-refractivity contribution is 5.92. The lowest BCUT2D eigenvalue weighted by Crippen LogP contribution is -2.46. The van der Waals surface area contributed by atoms with Gasteiger partial charge in [0.15, 0.2) is 0 Å². The van der Waals surface area contributed by atoms with E-state index >= 15 is 0 Å². The predicted octanol–water partition coefficient (Wildman–Crippen LogP) is 1.62. The fourth-order valence-corrected chi connectivity index (χ4v) is 2.41. The van der Waals surface area contributed by atoms with Crippen LogP contribution in [0.1, 0.15) is 32.6 Å². The van der Waals surface area contributed by atoms with Crippen molar-refractivity contribution in [2.75, 3.05) is 6.54 Å². The number of nitrogens with zero attached hydrogens (tertiary/aromatic N) is 1. The Balaban J connectivity index is 2.13. The van der Waals surface area contributed by atoms with E-state index in [4.69, 9.17) is 5.73 Å². The number of nitrogens with one attached hydrogen (secondary N) is 1. The highest BCUT2D eigenvalue weighted by Gasteiger charge is 2.27. The van der Waals surface area contributed by atoms with Crippen molar-refractivity contribution in [3.63, 3.8) is 0 Å². The van der Waals surface area contributed by atoms with E-state index in [2.05, 4.69) is 23.2 Å². The molecule has 1 atom stereocenters. The third kappa shape index (κ3) is 2.75. The Hall–Kier alpha value is -1.71. The van der Waals surface area contributed by atoms with Crippen molar-refractivity contribution < 1.29 is 4.79 Å². The van der Waals surface area contributed by atoms with Gasteiger partial charge in [0.2, 0.25) is 5.91 Å². The van der Waals surface area contributed by atoms with Crippen molar-refractivity contribution in [1.29, 1.82) is 0 Å². The monoisotopic (exact) mass is 247 g/mol. The Morgan fingerprint density at radius 1 is 1.56 bits per heavy atom. The summed E-state index contributed by atoms with van der Waals surface area (Å²) < 4.78 is 0. The molecule has 1 amide bonds. The van der Waals surface area contributed by atoms with Crippen LogP contribution in [0.25, 0.3) is 0 Å². The van der Waals surface area contributed by atoms with E-state index in [-0.39, 0.29) is 12.1 Å². The summed E-state index contributed by atoms with van der Waals surface area (Å²) in [6.07, 6.45) is 12.3. The third-order valence-electron chi connectivity index (χ3n) is 3.40. The number of hydrogen-bond donors (Lipinski definition) is 2. The number of rotatable bonds is 5. The van der Waals surface area contributed by atoms with Crippen LogP contribution in [0.15, 0.2) is 35.7 Å². The summed E-state index contributed by atoms with van der Waals surface area (Å²) in [5.41, 5.74) is 7.32. The highest BCUT2D eigenvalue weighted by Crippen LogP contribution is 2.26. The normalized spacial score (nSPS) is 21.8. The molecule has 4 heteroatoms. The van der Waals surface area contributed by atoms with Crippen LogP contribution in [0.2, 0.25) is 0 Å². The van der Waals surface area contributed by atoms with Gasteiger partial charge >= 0.3 is 0 Å². The van der Waals surface area contributed by atoms with E-state index < -0.39 is 0 Å². The van der Waals surface area contributed by atoms with E-state index in [1.807, 2.05) is 18.5 Å². The number of hydrogen-bond acceptors (Lipinski definition) is 3. The molecule has 1 unspecified atom stereocenters. The first-order valence-electron chi connectivity index (χ1n) is 6.60. The van der Waals surface area contributed by atoms with Crippen LogP contribution in [0.5, 0.6) is 0 Å². The fourth-order valence-electron chi connectivity index (χ4n) is 2.41. The summed E-state index contributed by atoms with van der Waals surface area (Å²) in [5, 5.41) is 3.34. The van der Waals surface area contributed by atoms with Gasteiger partial charge in [-0.2, -0.15) is 0 Å². The molecular formula is C14H21N3O. The van der Waals surface area contributed by atoms with E-state index in [1.165, 1.54) is 18.4 Å². The van der Waals surface area contributed by atoms with Gasteiger partial charge in [0.1, 0.15) is 6.17 Å². The van der Waals surface area contributed by atoms with E-state index in [9.17, 15) is 4.79 Å². The molecule has 0 spiro atoms. The molecule has 2 aliphatic heterocycles. The number of amides is 1. The molecule has 0 bridgehead atoms. The molecule has 0 aromatic heterocycles. The summed E-state index contributed by atoms with van der Waals surface area (Å²) in [5.74, 6) is -0.315. The van der Waals surface area contributed by atoms with Crippen LogP contribution in [0.3, 0.4) is 0 Å². The minimum atomic E-state index is -0.315. The molecule has 2 rings (SSSR count). The van der Waals surface area contributed by atoms with Gasteiger partial charge in [0.25, 0.3) is 0 Å². The first-order chi connectivity index (χ1) is 8.72. The Morgan fingerprint density at radius 2 is 2.39 bits per heavy atom. The Bertz CT molecular complexity index is 409. The van der Waals surface area contributed by atoms with E-state index in [0.29, 0.717) is 12.0 Å². The summed E-state index contributed by atoms with van der Waals surface area (Å²) >= 11 is 0. The van der Waals surface area contributed by atoms with Gasteiger partial charge in [0.05, 0.1) is 0 Å². The van der Waals surface area contributed by atoms with Crippen molar-refractivity contribution in [1.82, 2.24) is 10.2 Å². The highest BCUT2D eigenvalue weighted by atomic mass is 16.1. The number of unbranched alkanes of at least 4 members (excludes halogenated alkanes) is 2. The smallest absolute Gasteiger partial charge is 0.246 e. The second-order valence-electron chi connectivity index (χ2n) is 4.81. The number of carbonyl (C=O) groups excluding carboxylic acids is 1. The molecule has 0 fully saturated rings. The summed E-state index contributed by atoms with van der Waals surface area (Å²) in [6, 6.07) is 0. The van der Waals surface area contributed by atoms with Crippen molar-refractivity contribution in [2.24, 2.45) is 5.73 Å². The second kappa shape index (κ2) is 5.76. The average Bonchev–Trinajstić information content (AvgIpc) is 2.38. The van der Waals surface area contributed by atoms with Gasteiger partial charge in [-0.25, -0.2) is 0 Å². The first kappa shape index (κ1) is 12.7. The lowest BCUT2D eigenvalue weighted by molar-refractivity contribution is -0.114. The Kier molecular flexibility index (Phi) is 4.07. The zero-order chi connectivity index (χ0) is 13.0. The van der Waals surface area contributed by atoms with Gasteiger partial charge in [-0.15, -0.1) is 0 Å². The second-order valence-corrected chi connectivity index (χ2v) is 4.81. The number of fused-ring (bicyclic) bond motifs is 1. The van der Waals surface area contributed by atoms with Gasteiger partial charge in [-0.3, -0.25) is 4.79 Å². The standard InChI is InChI=1S/C14H21N3O/c1-2-3-4-8-17-10-12(13(15)18)9-11-6-5-7-16-14(11)17/h5-7,10,14,16H,2-4,8-9H2,1H3,(H2,15,18). The topological polar surface area (TPSA) is 58.4 Å². The molecule has 0 aliphatic carbocycles. The molecule has 2 aliphatic rings. The zero-order valence-electron chi connectivity index (χ0n) is 10.9. The van der Waals surface area contributed by atoms with Crippen LogP contribution >= 0.6 is 0 Å². The van der Waals surface area contributed by atoms with Gasteiger partial charge < -0.3 is 16.0 Å². The lowest BCUT2D eigenvalue weighted by Gasteiger charge is -2.38. The molecule has 98 valence electrons. The Labute approximate surface area is 108 Å². The summed E-state index contributed by atoms with van der Waals surface area (Å²) in [4.78, 5) is 13.6. The molecule has 18 heavy (non-hydrogen) atoms. The molecule has 0 radical (unpaired) electrons. The average molecular weight is 247 g/mol. The summed E-state index contributed by atoms with van der Waals surface area (Å²) in [6.45, 7) is 3.14. The van der Waals surface area contributed by atoms with Gasteiger partial charge in [0, 0.05) is 24.7 Å². The predicted molar refractivity (Wildman–Crippen MR) is 72.3 cm³/mol. The maximum Gasteiger partial charge on any atom is 0.246 e. The van der Waals surface area contributed by atoms with Crippen LogP contribution in [0, 0.1) is 0 Å². The molecule has 0 aromatic carbocycles. The Morgan fingerprint density at radius 3 is 3.11 bits per heavy atom. The van der Waals surface area contributed by atoms with E-state index in [0.717, 1.165) is 13.0 Å². The van der Waals surface area contributed by atoms with Crippen LogP contribution < -0.4 is 11.1 Å². The minimum Gasteiger partial charge on any atom is -0.368 e. The number of primary amides is 1. The van der Waals surface area contributed by atoms with Crippen LogP contribution in [-0.2, 0) is 4.79 Å². The maximum atomic E-state index is 11.4. The molecular weight excluding hydrogens is 226 g/mol. The first-order valence-corrected chi connectivity index (χ1v) is 6.60. The van der Waals surface area contributed by atoms with E-state index in [1.54, 1.807) is 0 Å². The lowest BCUT2D eigenvalue weighted by atomic mass is 9.96. The van der Waals surface area contributed by atoms with Crippen molar-refractivity contribution in [3.8, 4) is 0 Å². The summed E-state index contributed by atoms with van der Waals surface area (Å²) in [7, 11) is 0. The van der Waals surface area contributed by atoms with Gasteiger partial charge in [-0.1, -0.05) is 25.8 Å². The van der Waals surface area contributed by atoms with Crippen LogP contribution in [0.4, 0.5) is 0 Å². The fraction of sp³-hybridized carbons (Fsp3) is 0.500. The third-order valence-corrected chi connectivity index (χ3v) is 3.40. The largest absolute Gasteiger partial charge is 0.368 e. The SMILES string of the molecule is CCCCCN1C=C(C(N)=O)CC2=CC=CNC21. The van der Waals surface area contributed by atoms with Crippen LogP contribution in [-0.4, -0.2) is 23.5 Å². The minimum absolute atomic E-state index is 0.190. The molecule has 2 heterocycles. The number of nitrogens with two attached hydrogens (primary N) is 1. The van der Waals surface area contributed by atoms with Crippen molar-refractivity contribution in [2.45, 2.75) is 38.8 Å².